The minimum atomic E-state index is -4.54. The molecular formula is C11H12ClF3O3S. The van der Waals surface area contributed by atoms with Gasteiger partial charge < -0.3 is 0 Å². The van der Waals surface area contributed by atoms with E-state index >= 15 is 0 Å². The summed E-state index contributed by atoms with van der Waals surface area (Å²) in [5.74, 6) is 0. The Labute approximate surface area is 114 Å². The summed E-state index contributed by atoms with van der Waals surface area (Å²) in [6.07, 6.45) is -5.19. The van der Waals surface area contributed by atoms with Crippen LogP contribution in [-0.2, 0) is 16.5 Å². The van der Waals surface area contributed by atoms with E-state index in [-0.39, 0.29) is 16.9 Å². The van der Waals surface area contributed by atoms with Gasteiger partial charge in [-0.2, -0.15) is 21.6 Å². The molecule has 0 bridgehead atoms. The first kappa shape index (κ1) is 16.3. The van der Waals surface area contributed by atoms with Gasteiger partial charge in [0.25, 0.3) is 10.1 Å². The van der Waals surface area contributed by atoms with E-state index in [9.17, 15) is 21.6 Å². The molecule has 0 aliphatic carbocycles. The maximum Gasteiger partial charge on any atom is 0.404 e. The highest BCUT2D eigenvalue weighted by atomic mass is 35.5. The molecule has 0 aliphatic rings. The normalized spacial score (nSPS) is 14.4. The molecule has 3 nitrogen and oxygen atoms in total. The van der Waals surface area contributed by atoms with E-state index in [0.29, 0.717) is 5.56 Å². The molecular weight excluding hydrogens is 305 g/mol. The van der Waals surface area contributed by atoms with Crippen molar-refractivity contribution < 1.29 is 26.1 Å². The van der Waals surface area contributed by atoms with Gasteiger partial charge in [0.15, 0.2) is 0 Å². The van der Waals surface area contributed by atoms with Gasteiger partial charge in [-0.1, -0.05) is 17.7 Å². The number of hydrogen-bond acceptors (Lipinski definition) is 2. The van der Waals surface area contributed by atoms with E-state index in [2.05, 4.69) is 0 Å². The van der Waals surface area contributed by atoms with Crippen molar-refractivity contribution >= 4 is 21.7 Å². The number of benzene rings is 1. The predicted octanol–water partition coefficient (Wildman–Crippen LogP) is 3.34. The van der Waals surface area contributed by atoms with Gasteiger partial charge in [0.2, 0.25) is 0 Å². The second kappa shape index (κ2) is 5.68. The fourth-order valence-electron chi connectivity index (χ4n) is 1.60. The molecule has 108 valence electrons. The summed E-state index contributed by atoms with van der Waals surface area (Å²) in [7, 11) is -4.46. The molecule has 1 N–H and O–H groups in total. The average molecular weight is 317 g/mol. The molecule has 0 saturated carbocycles. The van der Waals surface area contributed by atoms with Gasteiger partial charge in [-0.25, -0.2) is 0 Å². The minimum Gasteiger partial charge on any atom is -0.282 e. The molecule has 0 amide bonds. The van der Waals surface area contributed by atoms with Crippen molar-refractivity contribution in [3.8, 4) is 0 Å². The fraction of sp³-hybridized carbons (Fsp3) is 0.455. The molecule has 1 aromatic rings. The molecule has 1 atom stereocenters. The molecule has 0 radical (unpaired) electrons. The largest absolute Gasteiger partial charge is 0.404 e. The summed E-state index contributed by atoms with van der Waals surface area (Å²) < 4.78 is 68.0. The molecule has 19 heavy (non-hydrogen) atoms. The number of alkyl halides is 4. The van der Waals surface area contributed by atoms with Gasteiger partial charge in [-0.3, -0.25) is 4.55 Å². The van der Waals surface area contributed by atoms with Gasteiger partial charge in [0.1, 0.15) is 5.38 Å². The van der Waals surface area contributed by atoms with Crippen molar-refractivity contribution in [3.05, 3.63) is 29.3 Å². The molecule has 1 aromatic carbocycles. The summed E-state index contributed by atoms with van der Waals surface area (Å²) in [6.45, 7) is 1.67. The second-order valence-corrected chi connectivity index (χ2v) is 6.05. The SMILES string of the molecule is Cc1ccc(S(=O)(=O)O)c(CCC(Cl)C(F)(F)F)c1. The van der Waals surface area contributed by atoms with Crippen molar-refractivity contribution in [1.82, 2.24) is 0 Å². The zero-order valence-electron chi connectivity index (χ0n) is 9.91. The molecule has 8 heteroatoms. The first-order valence-corrected chi connectivity index (χ1v) is 7.17. The van der Waals surface area contributed by atoms with Crippen LogP contribution in [0.3, 0.4) is 0 Å². The predicted molar refractivity (Wildman–Crippen MR) is 65.0 cm³/mol. The van der Waals surface area contributed by atoms with E-state index in [1.807, 2.05) is 0 Å². The van der Waals surface area contributed by atoms with Crippen LogP contribution in [0.5, 0.6) is 0 Å². The summed E-state index contributed by atoms with van der Waals surface area (Å²) in [4.78, 5) is -0.385. The average Bonchev–Trinajstić information content (AvgIpc) is 2.22. The summed E-state index contributed by atoms with van der Waals surface area (Å²) >= 11 is 5.18. The van der Waals surface area contributed by atoms with Crippen molar-refractivity contribution in [2.75, 3.05) is 0 Å². The van der Waals surface area contributed by atoms with Gasteiger partial charge in [0, 0.05) is 0 Å². The number of rotatable bonds is 4. The highest BCUT2D eigenvalue weighted by Crippen LogP contribution is 2.29. The van der Waals surface area contributed by atoms with Crippen LogP contribution in [-0.4, -0.2) is 24.5 Å². The van der Waals surface area contributed by atoms with E-state index in [1.54, 1.807) is 6.92 Å². The van der Waals surface area contributed by atoms with E-state index < -0.39 is 28.1 Å². The second-order valence-electron chi connectivity index (χ2n) is 4.13. The van der Waals surface area contributed by atoms with Crippen molar-refractivity contribution in [1.29, 1.82) is 0 Å². The Morgan fingerprint density at radius 2 is 1.95 bits per heavy atom. The fourth-order valence-corrected chi connectivity index (χ4v) is 2.44. The maximum atomic E-state index is 12.3. The Bertz CT molecular complexity index is 555. The summed E-state index contributed by atoms with van der Waals surface area (Å²) in [5, 5.41) is -2.05. The van der Waals surface area contributed by atoms with Crippen LogP contribution in [0.15, 0.2) is 23.1 Å². The lowest BCUT2D eigenvalue weighted by Crippen LogP contribution is -2.24. The standard InChI is InChI=1S/C11H12ClF3O3S/c1-7-2-4-9(19(16,17)18)8(6-7)3-5-10(12)11(13,14)15/h2,4,6,10H,3,5H2,1H3,(H,16,17,18). The lowest BCUT2D eigenvalue weighted by Gasteiger charge is -2.14. The van der Waals surface area contributed by atoms with Crippen LogP contribution in [0.1, 0.15) is 17.5 Å². The number of hydrogen-bond donors (Lipinski definition) is 1. The number of halogens is 4. The zero-order valence-corrected chi connectivity index (χ0v) is 11.5. The lowest BCUT2D eigenvalue weighted by molar-refractivity contribution is -0.131. The zero-order chi connectivity index (χ0) is 14.8. The Balaban J connectivity index is 2.98. The van der Waals surface area contributed by atoms with Crippen LogP contribution in [0, 0.1) is 6.92 Å². The van der Waals surface area contributed by atoms with Gasteiger partial charge >= 0.3 is 6.18 Å². The Hall–Kier alpha value is -0.790. The number of aryl methyl sites for hydroxylation is 2. The van der Waals surface area contributed by atoms with Gasteiger partial charge in [-0.05, 0) is 31.4 Å². The first-order valence-electron chi connectivity index (χ1n) is 5.29. The van der Waals surface area contributed by atoms with Gasteiger partial charge in [-0.15, -0.1) is 11.6 Å². The van der Waals surface area contributed by atoms with Crippen LogP contribution in [0.4, 0.5) is 13.2 Å². The molecule has 0 aromatic heterocycles. The highest BCUT2D eigenvalue weighted by Gasteiger charge is 2.37. The quantitative estimate of drug-likeness (QED) is 0.684. The first-order chi connectivity index (χ1) is 8.51. The van der Waals surface area contributed by atoms with Crippen LogP contribution in [0.25, 0.3) is 0 Å². The van der Waals surface area contributed by atoms with E-state index in [0.717, 1.165) is 6.07 Å². The minimum absolute atomic E-state index is 0.123. The third kappa shape index (κ3) is 4.67. The summed E-state index contributed by atoms with van der Waals surface area (Å²) in [5.41, 5.74) is 0.804. The van der Waals surface area contributed by atoms with Crippen molar-refractivity contribution in [2.24, 2.45) is 0 Å². The Morgan fingerprint density at radius 3 is 2.42 bits per heavy atom. The maximum absolute atomic E-state index is 12.3. The topological polar surface area (TPSA) is 54.4 Å². The molecule has 0 aliphatic heterocycles. The lowest BCUT2D eigenvalue weighted by atomic mass is 10.1. The molecule has 0 heterocycles. The van der Waals surface area contributed by atoms with Crippen LogP contribution < -0.4 is 0 Å². The Morgan fingerprint density at radius 1 is 1.37 bits per heavy atom. The molecule has 0 saturated heterocycles. The van der Waals surface area contributed by atoms with E-state index in [4.69, 9.17) is 16.2 Å². The third-order valence-corrected chi connectivity index (χ3v) is 3.94. The van der Waals surface area contributed by atoms with Crippen molar-refractivity contribution in [3.63, 3.8) is 0 Å². The van der Waals surface area contributed by atoms with E-state index in [1.165, 1.54) is 12.1 Å². The Kier molecular flexibility index (Phi) is 4.86. The third-order valence-electron chi connectivity index (χ3n) is 2.52. The molecule has 0 spiro atoms. The van der Waals surface area contributed by atoms with Crippen molar-refractivity contribution in [2.45, 2.75) is 36.2 Å². The smallest absolute Gasteiger partial charge is 0.282 e. The van der Waals surface area contributed by atoms with Crippen LogP contribution in [0.2, 0.25) is 0 Å². The van der Waals surface area contributed by atoms with Crippen LogP contribution >= 0.6 is 11.6 Å². The monoisotopic (exact) mass is 316 g/mol. The molecule has 0 fully saturated rings. The molecule has 1 rings (SSSR count). The van der Waals surface area contributed by atoms with Gasteiger partial charge in [0.05, 0.1) is 4.90 Å². The summed E-state index contributed by atoms with van der Waals surface area (Å²) in [6, 6.07) is 4.04. The highest BCUT2D eigenvalue weighted by molar-refractivity contribution is 7.85. The molecule has 1 unspecified atom stereocenters.